The van der Waals surface area contributed by atoms with Gasteiger partial charge in [0.1, 0.15) is 5.82 Å². The van der Waals surface area contributed by atoms with Gasteiger partial charge >= 0.3 is 6.03 Å². The van der Waals surface area contributed by atoms with Gasteiger partial charge in [0.15, 0.2) is 9.84 Å². The van der Waals surface area contributed by atoms with Gasteiger partial charge in [-0.05, 0) is 18.6 Å². The number of urea groups is 1. The quantitative estimate of drug-likeness (QED) is 0.817. The zero-order valence-electron chi connectivity index (χ0n) is 12.7. The molecule has 0 radical (unpaired) electrons. The lowest BCUT2D eigenvalue weighted by Gasteiger charge is -2.27. The molecule has 0 bridgehead atoms. The lowest BCUT2D eigenvalue weighted by Crippen LogP contribution is -2.38. The molecular weight excluding hydrogens is 320 g/mol. The number of nitrogens with zero attached hydrogens (tertiary/aromatic N) is 2. The summed E-state index contributed by atoms with van der Waals surface area (Å²) in [5, 5.41) is 5.35. The van der Waals surface area contributed by atoms with Crippen molar-refractivity contribution < 1.29 is 17.9 Å². The van der Waals surface area contributed by atoms with Crippen molar-refractivity contribution in [1.82, 2.24) is 10.3 Å². The van der Waals surface area contributed by atoms with Crippen LogP contribution in [0.15, 0.2) is 18.3 Å². The van der Waals surface area contributed by atoms with Gasteiger partial charge in [-0.15, -0.1) is 0 Å². The van der Waals surface area contributed by atoms with Crippen molar-refractivity contribution in [1.29, 1.82) is 0 Å². The highest BCUT2D eigenvalue weighted by Gasteiger charge is 2.28. The molecule has 23 heavy (non-hydrogen) atoms. The maximum Gasteiger partial charge on any atom is 0.319 e. The summed E-state index contributed by atoms with van der Waals surface area (Å²) < 4.78 is 28.0. The maximum atomic E-state index is 11.9. The van der Waals surface area contributed by atoms with Gasteiger partial charge in [0.05, 0.1) is 36.6 Å². The average molecular weight is 340 g/mol. The molecule has 0 aliphatic carbocycles. The van der Waals surface area contributed by atoms with Gasteiger partial charge in [0.25, 0.3) is 0 Å². The number of carbonyl (C=O) groups is 1. The number of nitrogens with one attached hydrogen (secondary N) is 2. The predicted molar refractivity (Wildman–Crippen MR) is 86.5 cm³/mol. The van der Waals surface area contributed by atoms with Crippen LogP contribution in [0.5, 0.6) is 0 Å². The van der Waals surface area contributed by atoms with Crippen molar-refractivity contribution in [3.05, 3.63) is 18.3 Å². The van der Waals surface area contributed by atoms with E-state index in [0.717, 1.165) is 18.9 Å². The summed E-state index contributed by atoms with van der Waals surface area (Å²) in [6, 6.07) is 2.90. The topological polar surface area (TPSA) is 101 Å². The number of anilines is 2. The minimum absolute atomic E-state index is 0.00857. The van der Waals surface area contributed by atoms with Gasteiger partial charge < -0.3 is 20.3 Å². The number of hydrogen-bond donors (Lipinski definition) is 2. The largest absolute Gasteiger partial charge is 0.378 e. The van der Waals surface area contributed by atoms with Crippen LogP contribution in [-0.2, 0) is 14.6 Å². The lowest BCUT2D eigenvalue weighted by molar-refractivity contribution is 0.122. The Morgan fingerprint density at radius 2 is 2.09 bits per heavy atom. The molecular formula is C14H20N4O4S. The van der Waals surface area contributed by atoms with E-state index in [1.807, 2.05) is 6.07 Å². The fourth-order valence-corrected chi connectivity index (χ4v) is 4.37. The molecule has 0 aromatic carbocycles. The molecule has 2 N–H and O–H groups in total. The molecule has 3 heterocycles. The van der Waals surface area contributed by atoms with E-state index >= 15 is 0 Å². The zero-order chi connectivity index (χ0) is 16.3. The minimum atomic E-state index is -3.00. The maximum absolute atomic E-state index is 11.9. The van der Waals surface area contributed by atoms with Crippen molar-refractivity contribution >= 4 is 27.4 Å². The van der Waals surface area contributed by atoms with Crippen LogP contribution in [0.25, 0.3) is 0 Å². The van der Waals surface area contributed by atoms with Crippen molar-refractivity contribution in [3.8, 4) is 0 Å². The number of sulfone groups is 1. The number of hydrogen-bond acceptors (Lipinski definition) is 6. The Labute approximate surface area is 135 Å². The highest BCUT2D eigenvalue weighted by Crippen LogP contribution is 2.16. The molecule has 1 aromatic rings. The van der Waals surface area contributed by atoms with Crippen LogP contribution >= 0.6 is 0 Å². The monoisotopic (exact) mass is 340 g/mol. The first-order valence-corrected chi connectivity index (χ1v) is 9.41. The second kappa shape index (κ2) is 6.71. The van der Waals surface area contributed by atoms with Crippen molar-refractivity contribution in [2.24, 2.45) is 0 Å². The fourth-order valence-electron chi connectivity index (χ4n) is 2.70. The van der Waals surface area contributed by atoms with Gasteiger partial charge in [0, 0.05) is 19.1 Å². The normalized spacial score (nSPS) is 23.5. The Morgan fingerprint density at radius 1 is 1.30 bits per heavy atom. The Hall–Kier alpha value is -1.87. The van der Waals surface area contributed by atoms with Crippen LogP contribution in [0, 0.1) is 0 Å². The number of morpholine rings is 1. The van der Waals surface area contributed by atoms with E-state index in [4.69, 9.17) is 4.74 Å². The van der Waals surface area contributed by atoms with Gasteiger partial charge in [-0.25, -0.2) is 18.2 Å². The van der Waals surface area contributed by atoms with E-state index < -0.39 is 15.9 Å². The second-order valence-corrected chi connectivity index (χ2v) is 7.93. The van der Waals surface area contributed by atoms with Gasteiger partial charge in [0.2, 0.25) is 0 Å². The zero-order valence-corrected chi connectivity index (χ0v) is 13.5. The van der Waals surface area contributed by atoms with E-state index in [1.165, 1.54) is 0 Å². The molecule has 8 nitrogen and oxygen atoms in total. The van der Waals surface area contributed by atoms with E-state index in [9.17, 15) is 13.2 Å². The van der Waals surface area contributed by atoms with Crippen LogP contribution in [0.4, 0.5) is 16.3 Å². The number of pyridine rings is 1. The minimum Gasteiger partial charge on any atom is -0.378 e. The van der Waals surface area contributed by atoms with E-state index in [-0.39, 0.29) is 17.5 Å². The highest BCUT2D eigenvalue weighted by molar-refractivity contribution is 7.91. The molecule has 3 rings (SSSR count). The van der Waals surface area contributed by atoms with Crippen molar-refractivity contribution in [2.75, 3.05) is 48.0 Å². The number of ether oxygens (including phenoxy) is 1. The lowest BCUT2D eigenvalue weighted by atomic mass is 10.3. The van der Waals surface area contributed by atoms with Crippen LogP contribution in [0.1, 0.15) is 6.42 Å². The molecule has 0 saturated carbocycles. The Morgan fingerprint density at radius 3 is 2.70 bits per heavy atom. The van der Waals surface area contributed by atoms with Gasteiger partial charge in [-0.3, -0.25) is 0 Å². The third-order valence-corrected chi connectivity index (χ3v) is 5.68. The Balaban J connectivity index is 1.52. The van der Waals surface area contributed by atoms with E-state index in [0.29, 0.717) is 25.3 Å². The second-order valence-electron chi connectivity index (χ2n) is 5.70. The summed E-state index contributed by atoms with van der Waals surface area (Å²) in [5.41, 5.74) is 0.570. The summed E-state index contributed by atoms with van der Waals surface area (Å²) in [7, 11) is -3.00. The smallest absolute Gasteiger partial charge is 0.319 e. The molecule has 2 fully saturated rings. The first-order valence-electron chi connectivity index (χ1n) is 7.58. The molecule has 1 atom stereocenters. The number of aromatic nitrogens is 1. The van der Waals surface area contributed by atoms with E-state index in [2.05, 4.69) is 20.5 Å². The van der Waals surface area contributed by atoms with Crippen LogP contribution in [-0.4, -0.2) is 63.3 Å². The van der Waals surface area contributed by atoms with Crippen LogP contribution in [0.3, 0.4) is 0 Å². The molecule has 126 valence electrons. The third-order valence-electron chi connectivity index (χ3n) is 3.91. The van der Waals surface area contributed by atoms with Gasteiger partial charge in [-0.2, -0.15) is 0 Å². The highest BCUT2D eigenvalue weighted by atomic mass is 32.2. The molecule has 2 saturated heterocycles. The summed E-state index contributed by atoms with van der Waals surface area (Å²) >= 11 is 0. The Bertz CT molecular complexity index is 656. The summed E-state index contributed by atoms with van der Waals surface area (Å²) in [6.07, 6.45) is 2.06. The van der Waals surface area contributed by atoms with Gasteiger partial charge in [-0.1, -0.05) is 0 Å². The number of amides is 2. The third kappa shape index (κ3) is 4.32. The molecule has 2 amide bonds. The van der Waals surface area contributed by atoms with E-state index in [1.54, 1.807) is 12.3 Å². The molecule has 9 heteroatoms. The summed E-state index contributed by atoms with van der Waals surface area (Å²) in [6.45, 7) is 2.98. The molecule has 2 aliphatic rings. The first kappa shape index (κ1) is 16.0. The first-order chi connectivity index (χ1) is 11.0. The molecule has 2 aliphatic heterocycles. The van der Waals surface area contributed by atoms with Crippen LogP contribution in [0.2, 0.25) is 0 Å². The number of rotatable bonds is 3. The van der Waals surface area contributed by atoms with Crippen molar-refractivity contribution in [3.63, 3.8) is 0 Å². The summed E-state index contributed by atoms with van der Waals surface area (Å²) in [4.78, 5) is 18.4. The molecule has 0 spiro atoms. The molecule has 0 unspecified atom stereocenters. The predicted octanol–water partition coefficient (Wildman–Crippen LogP) is 0.227. The van der Waals surface area contributed by atoms with Crippen molar-refractivity contribution in [2.45, 2.75) is 12.5 Å². The fraction of sp³-hybridized carbons (Fsp3) is 0.571. The standard InChI is InChI=1S/C14H20N4O4S/c19-14(17-12-3-8-23(20,21)10-12)16-11-1-2-13(15-9-11)18-4-6-22-7-5-18/h1-2,9,12H,3-8,10H2,(H2,16,17,19)/t12-/m1/s1. The Kier molecular flexibility index (Phi) is 4.67. The SMILES string of the molecule is O=C(Nc1ccc(N2CCOCC2)nc1)N[C@@H]1CCS(=O)(=O)C1. The molecule has 1 aromatic heterocycles. The summed E-state index contributed by atoms with van der Waals surface area (Å²) in [5.74, 6) is 0.990. The average Bonchev–Trinajstić information content (AvgIpc) is 2.87. The number of carbonyl (C=O) groups excluding carboxylic acids is 1. The van der Waals surface area contributed by atoms with Crippen LogP contribution < -0.4 is 15.5 Å².